The lowest BCUT2D eigenvalue weighted by molar-refractivity contribution is 0.553. The number of benzene rings is 1. The first kappa shape index (κ1) is 10.7. The van der Waals surface area contributed by atoms with E-state index in [4.69, 9.17) is 4.43 Å². The van der Waals surface area contributed by atoms with Crippen LogP contribution in [0.1, 0.15) is 11.1 Å². The van der Waals surface area contributed by atoms with Crippen molar-refractivity contribution in [1.82, 2.24) is 5.32 Å². The molecule has 2 rings (SSSR count). The minimum Gasteiger partial charge on any atom is -0.544 e. The van der Waals surface area contributed by atoms with Crippen LogP contribution in [0.25, 0.3) is 0 Å². The van der Waals surface area contributed by atoms with E-state index in [0.717, 1.165) is 25.3 Å². The van der Waals surface area contributed by atoms with E-state index in [1.807, 2.05) is 0 Å². The summed E-state index contributed by atoms with van der Waals surface area (Å²) in [5.74, 6) is 1.05. The number of nitrogens with one attached hydrogen (secondary N) is 1. The maximum absolute atomic E-state index is 5.99. The smallest absolute Gasteiger partial charge is 0.242 e. The van der Waals surface area contributed by atoms with Gasteiger partial charge in [0.2, 0.25) is 8.32 Å². The highest BCUT2D eigenvalue weighted by atomic mass is 28.4. The van der Waals surface area contributed by atoms with Gasteiger partial charge in [-0.2, -0.15) is 0 Å². The normalized spacial score (nSPS) is 15.9. The molecule has 1 heterocycles. The molecular weight excluding hydrogens is 202 g/mol. The van der Waals surface area contributed by atoms with Gasteiger partial charge in [-0.3, -0.25) is 0 Å². The summed E-state index contributed by atoms with van der Waals surface area (Å²) in [6.07, 6.45) is 1.12. The first-order chi connectivity index (χ1) is 7.04. The second-order valence-electron chi connectivity index (χ2n) is 5.07. The zero-order chi connectivity index (χ0) is 10.9. The van der Waals surface area contributed by atoms with Gasteiger partial charge in [0.15, 0.2) is 0 Å². The van der Waals surface area contributed by atoms with Gasteiger partial charge in [-0.1, -0.05) is 6.07 Å². The van der Waals surface area contributed by atoms with Gasteiger partial charge in [-0.25, -0.2) is 0 Å². The molecule has 3 heteroatoms. The van der Waals surface area contributed by atoms with Crippen LogP contribution in [0.4, 0.5) is 0 Å². The van der Waals surface area contributed by atoms with E-state index in [1.165, 1.54) is 11.1 Å². The number of fused-ring (bicyclic) bond motifs is 1. The van der Waals surface area contributed by atoms with E-state index in [-0.39, 0.29) is 0 Å². The van der Waals surface area contributed by atoms with Crippen LogP contribution in [0, 0.1) is 0 Å². The number of hydrogen-bond donors (Lipinski definition) is 1. The Bertz CT molecular complexity index is 357. The van der Waals surface area contributed by atoms with E-state index in [1.54, 1.807) is 0 Å². The van der Waals surface area contributed by atoms with Gasteiger partial charge in [0.1, 0.15) is 5.75 Å². The van der Waals surface area contributed by atoms with E-state index >= 15 is 0 Å². The SMILES string of the molecule is C[Si](C)(C)Oc1ccc2c(c1)CCNC2. The molecule has 0 spiro atoms. The van der Waals surface area contributed by atoms with Crippen LogP contribution in [0.5, 0.6) is 5.75 Å². The first-order valence-electron chi connectivity index (χ1n) is 5.56. The molecule has 0 amide bonds. The zero-order valence-corrected chi connectivity index (χ0v) is 10.8. The van der Waals surface area contributed by atoms with E-state index in [9.17, 15) is 0 Å². The van der Waals surface area contributed by atoms with Crippen molar-refractivity contribution in [3.63, 3.8) is 0 Å². The molecule has 1 N–H and O–H groups in total. The van der Waals surface area contributed by atoms with Crippen LogP contribution >= 0.6 is 0 Å². The van der Waals surface area contributed by atoms with Crippen molar-refractivity contribution < 1.29 is 4.43 Å². The molecule has 0 bridgehead atoms. The highest BCUT2D eigenvalue weighted by Crippen LogP contribution is 2.22. The van der Waals surface area contributed by atoms with Crippen LogP contribution in [-0.2, 0) is 13.0 Å². The van der Waals surface area contributed by atoms with Gasteiger partial charge >= 0.3 is 0 Å². The van der Waals surface area contributed by atoms with Gasteiger partial charge in [-0.15, -0.1) is 0 Å². The Hall–Kier alpha value is -0.803. The fraction of sp³-hybridized carbons (Fsp3) is 0.500. The largest absolute Gasteiger partial charge is 0.544 e. The standard InChI is InChI=1S/C12H19NOSi/c1-15(2,3)14-12-5-4-11-9-13-7-6-10(11)8-12/h4-5,8,13H,6-7,9H2,1-3H3. The third kappa shape index (κ3) is 2.83. The predicted molar refractivity (Wildman–Crippen MR) is 65.8 cm³/mol. The van der Waals surface area contributed by atoms with Gasteiger partial charge in [0, 0.05) is 6.54 Å². The molecule has 2 nitrogen and oxygen atoms in total. The highest BCUT2D eigenvalue weighted by molar-refractivity contribution is 6.70. The summed E-state index contributed by atoms with van der Waals surface area (Å²) in [4.78, 5) is 0. The second-order valence-corrected chi connectivity index (χ2v) is 9.50. The minimum atomic E-state index is -1.46. The van der Waals surface area contributed by atoms with Crippen LogP contribution in [-0.4, -0.2) is 14.9 Å². The lowest BCUT2D eigenvalue weighted by atomic mass is 10.0. The molecule has 82 valence electrons. The summed E-state index contributed by atoms with van der Waals surface area (Å²) < 4.78 is 5.99. The number of hydrogen-bond acceptors (Lipinski definition) is 2. The molecule has 0 unspecified atom stereocenters. The Labute approximate surface area is 92.8 Å². The van der Waals surface area contributed by atoms with E-state index < -0.39 is 8.32 Å². The summed E-state index contributed by atoms with van der Waals surface area (Å²) in [5, 5.41) is 3.38. The maximum Gasteiger partial charge on any atom is 0.242 e. The van der Waals surface area contributed by atoms with Crippen molar-refractivity contribution in [2.75, 3.05) is 6.54 Å². The molecule has 0 saturated carbocycles. The van der Waals surface area contributed by atoms with E-state index in [0.29, 0.717) is 0 Å². The van der Waals surface area contributed by atoms with Crippen molar-refractivity contribution in [2.24, 2.45) is 0 Å². The topological polar surface area (TPSA) is 21.3 Å². The molecule has 1 aliphatic rings. The second kappa shape index (κ2) is 3.98. The maximum atomic E-state index is 5.99. The Kier molecular flexibility index (Phi) is 2.84. The zero-order valence-electron chi connectivity index (χ0n) is 9.76. The molecule has 0 fully saturated rings. The molecule has 0 radical (unpaired) electrons. The molecule has 1 aliphatic heterocycles. The van der Waals surface area contributed by atoms with Crippen molar-refractivity contribution in [1.29, 1.82) is 0 Å². The molecule has 15 heavy (non-hydrogen) atoms. The van der Waals surface area contributed by atoms with Gasteiger partial charge < -0.3 is 9.74 Å². The van der Waals surface area contributed by atoms with Crippen molar-refractivity contribution in [2.45, 2.75) is 32.6 Å². The first-order valence-corrected chi connectivity index (χ1v) is 8.97. The van der Waals surface area contributed by atoms with E-state index in [2.05, 4.69) is 43.2 Å². The van der Waals surface area contributed by atoms with Gasteiger partial charge in [0.05, 0.1) is 0 Å². The summed E-state index contributed by atoms with van der Waals surface area (Å²) >= 11 is 0. The third-order valence-electron chi connectivity index (χ3n) is 2.49. The van der Waals surface area contributed by atoms with Crippen LogP contribution in [0.3, 0.4) is 0 Å². The molecule has 0 atom stereocenters. The number of rotatable bonds is 2. The average molecular weight is 221 g/mol. The molecule has 1 aromatic rings. The lowest BCUT2D eigenvalue weighted by Gasteiger charge is -2.22. The molecular formula is C12H19NOSi. The van der Waals surface area contributed by atoms with Crippen molar-refractivity contribution in [3.05, 3.63) is 29.3 Å². The fourth-order valence-corrected chi connectivity index (χ4v) is 2.70. The van der Waals surface area contributed by atoms with Crippen molar-refractivity contribution in [3.8, 4) is 5.75 Å². The summed E-state index contributed by atoms with van der Waals surface area (Å²) in [6.45, 7) is 8.74. The Morgan fingerprint density at radius 1 is 1.20 bits per heavy atom. The van der Waals surface area contributed by atoms with Crippen LogP contribution in [0.2, 0.25) is 19.6 Å². The predicted octanol–water partition coefficient (Wildman–Crippen LogP) is 2.55. The van der Waals surface area contributed by atoms with Gasteiger partial charge in [-0.05, 0) is 55.9 Å². The third-order valence-corrected chi connectivity index (χ3v) is 3.34. The van der Waals surface area contributed by atoms with Crippen LogP contribution in [0.15, 0.2) is 18.2 Å². The van der Waals surface area contributed by atoms with Gasteiger partial charge in [0.25, 0.3) is 0 Å². The van der Waals surface area contributed by atoms with Crippen molar-refractivity contribution >= 4 is 8.32 Å². The van der Waals surface area contributed by atoms with Crippen LogP contribution < -0.4 is 9.74 Å². The lowest BCUT2D eigenvalue weighted by Crippen LogP contribution is -2.29. The Morgan fingerprint density at radius 2 is 2.00 bits per heavy atom. The minimum absolute atomic E-state index is 1.00. The Balaban J connectivity index is 2.21. The average Bonchev–Trinajstić information content (AvgIpc) is 2.15. The summed E-state index contributed by atoms with van der Waals surface area (Å²) in [5.41, 5.74) is 2.87. The fourth-order valence-electron chi connectivity index (χ4n) is 1.87. The quantitative estimate of drug-likeness (QED) is 0.775. The molecule has 1 aromatic carbocycles. The highest BCUT2D eigenvalue weighted by Gasteiger charge is 2.17. The molecule has 0 aromatic heterocycles. The monoisotopic (exact) mass is 221 g/mol. The summed E-state index contributed by atoms with van der Waals surface area (Å²) in [7, 11) is -1.46. The summed E-state index contributed by atoms with van der Waals surface area (Å²) in [6, 6.07) is 6.51. The molecule has 0 saturated heterocycles. The Morgan fingerprint density at radius 3 is 2.73 bits per heavy atom. The molecule has 0 aliphatic carbocycles.